The van der Waals surface area contributed by atoms with Crippen LogP contribution in [0.2, 0.25) is 0 Å². The number of rotatable bonds is 3. The average molecular weight is 303 g/mol. The van der Waals surface area contributed by atoms with Gasteiger partial charge in [0.1, 0.15) is 11.4 Å². The SMILES string of the molecule is CC1=C(C(=O)[O-])N2C(=O)[C@@H](N[C-]=O)[C@H]2SC1.[Na+].[Na+].[OH-]. The Kier molecular flexibility index (Phi) is 9.94. The van der Waals surface area contributed by atoms with Gasteiger partial charge in [-0.05, 0) is 12.5 Å². The Balaban J connectivity index is 0. The van der Waals surface area contributed by atoms with Crippen molar-refractivity contribution in [2.24, 2.45) is 0 Å². The molecule has 19 heavy (non-hydrogen) atoms. The van der Waals surface area contributed by atoms with Gasteiger partial charge in [0.05, 0.1) is 11.7 Å². The number of thioether (sulfide) groups is 1. The van der Waals surface area contributed by atoms with Crippen molar-refractivity contribution in [1.82, 2.24) is 10.2 Å². The van der Waals surface area contributed by atoms with E-state index in [1.54, 1.807) is 6.92 Å². The summed E-state index contributed by atoms with van der Waals surface area (Å²) in [5.74, 6) is -1.28. The zero-order valence-electron chi connectivity index (χ0n) is 10.8. The molecule has 1 fully saturated rings. The van der Waals surface area contributed by atoms with E-state index in [1.807, 2.05) is 0 Å². The zero-order valence-corrected chi connectivity index (χ0v) is 15.6. The van der Waals surface area contributed by atoms with Gasteiger partial charge in [0.25, 0.3) is 5.91 Å². The van der Waals surface area contributed by atoms with Crippen LogP contribution in [0.5, 0.6) is 0 Å². The van der Waals surface area contributed by atoms with Gasteiger partial charge < -0.3 is 25.5 Å². The van der Waals surface area contributed by atoms with Crippen LogP contribution in [0, 0.1) is 0 Å². The molecular formula is C9H9N2Na2O5S-. The van der Waals surface area contributed by atoms with Crippen LogP contribution in [0.25, 0.3) is 0 Å². The number of carbonyl (C=O) groups is 2. The van der Waals surface area contributed by atoms with Gasteiger partial charge in [0.15, 0.2) is 0 Å². The predicted molar refractivity (Wildman–Crippen MR) is 55.4 cm³/mol. The maximum absolute atomic E-state index is 11.6. The standard InChI is InChI=1S/C9H9N2O4S.2Na.H2O/c1-4-2-16-8-5(10-3-12)7(13)11(8)6(4)9(14)15;;;/h5,8H,2H2,1H3,(H,10,12)(H,14,15);;;1H2/q-1;2*+1;/p-2/t5-,8-;;;/m1.../s1. The van der Waals surface area contributed by atoms with E-state index < -0.39 is 17.9 Å². The van der Waals surface area contributed by atoms with Crippen LogP contribution in [0.1, 0.15) is 6.92 Å². The predicted octanol–water partition coefficient (Wildman–Crippen LogP) is -8.22. The molecule has 1 saturated heterocycles. The van der Waals surface area contributed by atoms with Crippen molar-refractivity contribution in [3.05, 3.63) is 11.3 Å². The van der Waals surface area contributed by atoms with Crippen molar-refractivity contribution in [2.45, 2.75) is 18.3 Å². The molecule has 0 aliphatic carbocycles. The molecule has 0 radical (unpaired) electrons. The molecule has 2 heterocycles. The van der Waals surface area contributed by atoms with Crippen molar-refractivity contribution in [2.75, 3.05) is 5.75 Å². The molecule has 0 bridgehead atoms. The van der Waals surface area contributed by atoms with Gasteiger partial charge in [-0.15, -0.1) is 11.8 Å². The quantitative estimate of drug-likeness (QED) is 0.239. The number of nitrogens with one attached hydrogen (secondary N) is 1. The topological polar surface area (TPSA) is 120 Å². The number of aliphatic carboxylic acids is 1. The Morgan fingerprint density at radius 3 is 2.58 bits per heavy atom. The van der Waals surface area contributed by atoms with Crippen LogP contribution in [0.3, 0.4) is 0 Å². The van der Waals surface area contributed by atoms with E-state index in [0.717, 1.165) is 4.90 Å². The fraction of sp³-hybridized carbons (Fsp3) is 0.444. The normalized spacial score (nSPS) is 23.8. The summed E-state index contributed by atoms with van der Waals surface area (Å²) in [7, 11) is 0. The molecule has 0 spiro atoms. The summed E-state index contributed by atoms with van der Waals surface area (Å²) < 4.78 is 0. The summed E-state index contributed by atoms with van der Waals surface area (Å²) in [6, 6.07) is -0.676. The van der Waals surface area contributed by atoms with Crippen LogP contribution in [0.15, 0.2) is 11.3 Å². The van der Waals surface area contributed by atoms with E-state index >= 15 is 0 Å². The molecule has 2 aliphatic rings. The fourth-order valence-corrected chi connectivity index (χ4v) is 3.12. The Hall–Kier alpha value is 0.460. The first-order valence-electron chi connectivity index (χ1n) is 4.56. The number of amides is 2. The van der Waals surface area contributed by atoms with Crippen LogP contribution in [-0.4, -0.2) is 45.8 Å². The second kappa shape index (κ2) is 8.68. The summed E-state index contributed by atoms with van der Waals surface area (Å²) >= 11 is 1.41. The van der Waals surface area contributed by atoms with Crippen molar-refractivity contribution >= 4 is 30.0 Å². The van der Waals surface area contributed by atoms with Crippen LogP contribution in [0.4, 0.5) is 0 Å². The van der Waals surface area contributed by atoms with Gasteiger partial charge in [0, 0.05) is 5.75 Å². The summed E-state index contributed by atoms with van der Waals surface area (Å²) in [6.45, 7) is 1.65. The van der Waals surface area contributed by atoms with Gasteiger partial charge in [-0.2, -0.15) is 6.41 Å². The number of β-lactam (4-membered cyclic amide) rings is 1. The average Bonchev–Trinajstić information content (AvgIpc) is 2.25. The maximum Gasteiger partial charge on any atom is 1.00 e. The molecule has 7 nitrogen and oxygen atoms in total. The van der Waals surface area contributed by atoms with Crippen molar-refractivity contribution in [3.63, 3.8) is 0 Å². The van der Waals surface area contributed by atoms with E-state index in [4.69, 9.17) is 0 Å². The maximum atomic E-state index is 11.6. The minimum Gasteiger partial charge on any atom is -0.870 e. The number of carboxylic acid groups (broad SMARTS) is 1. The van der Waals surface area contributed by atoms with E-state index in [-0.39, 0.29) is 75.7 Å². The van der Waals surface area contributed by atoms with Crippen LogP contribution >= 0.6 is 11.8 Å². The molecule has 94 valence electrons. The Labute approximate surface area is 158 Å². The molecule has 2 N–H and O–H groups in total. The van der Waals surface area contributed by atoms with Gasteiger partial charge in [-0.3, -0.25) is 9.69 Å². The molecule has 0 saturated carbocycles. The molecule has 0 aromatic rings. The molecular weight excluding hydrogens is 294 g/mol. The third kappa shape index (κ3) is 3.76. The number of carbonyl (C=O) groups excluding carboxylic acids is 3. The van der Waals surface area contributed by atoms with Crippen LogP contribution in [-0.2, 0) is 14.4 Å². The Morgan fingerprint density at radius 1 is 1.53 bits per heavy atom. The summed E-state index contributed by atoms with van der Waals surface area (Å²) in [5.41, 5.74) is 0.529. The zero-order chi connectivity index (χ0) is 11.9. The minimum atomic E-state index is -1.36. The number of fused-ring (bicyclic) bond motifs is 1. The second-order valence-electron chi connectivity index (χ2n) is 3.55. The monoisotopic (exact) mass is 303 g/mol. The van der Waals surface area contributed by atoms with Gasteiger partial charge in [-0.25, -0.2) is 0 Å². The largest absolute Gasteiger partial charge is 1.00 e. The Morgan fingerprint density at radius 2 is 2.11 bits per heavy atom. The molecule has 2 atom stereocenters. The number of hydrogen-bond donors (Lipinski definition) is 1. The van der Waals surface area contributed by atoms with E-state index in [1.165, 1.54) is 18.2 Å². The van der Waals surface area contributed by atoms with Gasteiger partial charge >= 0.3 is 59.1 Å². The summed E-state index contributed by atoms with van der Waals surface area (Å²) in [6.07, 6.45) is 1.45. The fourth-order valence-electron chi connectivity index (χ4n) is 1.83. The van der Waals surface area contributed by atoms with E-state index in [9.17, 15) is 19.5 Å². The smallest absolute Gasteiger partial charge is 0.870 e. The first kappa shape index (κ1) is 21.8. The van der Waals surface area contributed by atoms with Crippen LogP contribution < -0.4 is 69.5 Å². The van der Waals surface area contributed by atoms with E-state index in [0.29, 0.717) is 11.3 Å². The summed E-state index contributed by atoms with van der Waals surface area (Å²) in [5, 5.41) is 12.8. The second-order valence-corrected chi connectivity index (χ2v) is 4.66. The Bertz CT molecular complexity index is 417. The van der Waals surface area contributed by atoms with Gasteiger partial charge in [-0.1, -0.05) is 0 Å². The third-order valence-electron chi connectivity index (χ3n) is 2.57. The third-order valence-corrected chi connectivity index (χ3v) is 3.99. The molecule has 2 amide bonds. The van der Waals surface area contributed by atoms with Crippen molar-refractivity contribution < 1.29 is 84.1 Å². The minimum absolute atomic E-state index is 0. The number of nitrogens with zero attached hydrogens (tertiary/aromatic N) is 1. The molecule has 0 aromatic heterocycles. The van der Waals surface area contributed by atoms with E-state index in [2.05, 4.69) is 5.32 Å². The summed E-state index contributed by atoms with van der Waals surface area (Å²) in [4.78, 5) is 33.8. The molecule has 0 aromatic carbocycles. The molecule has 10 heteroatoms. The number of carboxylic acids is 1. The first-order valence-corrected chi connectivity index (χ1v) is 5.61. The molecule has 2 aliphatic heterocycles. The van der Waals surface area contributed by atoms with Crippen molar-refractivity contribution in [1.29, 1.82) is 0 Å². The molecule has 2 rings (SSSR count). The first-order chi connectivity index (χ1) is 7.57. The van der Waals surface area contributed by atoms with Gasteiger partial charge in [0.2, 0.25) is 0 Å². The van der Waals surface area contributed by atoms with Crippen molar-refractivity contribution in [3.8, 4) is 0 Å². The number of hydrogen-bond acceptors (Lipinski definition) is 6. The molecule has 0 unspecified atom stereocenters.